The smallest absolute Gasteiger partial charge is 0.122 e. The molecule has 0 fully saturated rings. The van der Waals surface area contributed by atoms with Crippen LogP contribution in [0.15, 0.2) is 18.2 Å². The van der Waals surface area contributed by atoms with Crippen LogP contribution < -0.4 is 4.74 Å². The van der Waals surface area contributed by atoms with Crippen LogP contribution in [0.25, 0.3) is 0 Å². The zero-order chi connectivity index (χ0) is 12.8. The van der Waals surface area contributed by atoms with E-state index in [1.54, 1.807) is 0 Å². The first-order valence-corrected chi connectivity index (χ1v) is 7.64. The molecule has 1 aromatic rings. The minimum Gasteiger partial charge on any atom is -0.493 e. The Bertz CT molecular complexity index is 375. The highest BCUT2D eigenvalue weighted by atomic mass is 35.5. The van der Waals surface area contributed by atoms with Gasteiger partial charge in [0.05, 0.1) is 12.0 Å². The Hall–Kier alpha value is -0.690. The van der Waals surface area contributed by atoms with Gasteiger partial charge in [0.25, 0.3) is 0 Å². The van der Waals surface area contributed by atoms with Crippen molar-refractivity contribution in [1.82, 2.24) is 0 Å². The molecule has 0 radical (unpaired) electrons. The van der Waals surface area contributed by atoms with E-state index in [4.69, 9.17) is 16.3 Å². The van der Waals surface area contributed by atoms with Gasteiger partial charge in [0.2, 0.25) is 0 Å². The Morgan fingerprint density at radius 1 is 1.22 bits per heavy atom. The van der Waals surface area contributed by atoms with Crippen LogP contribution in [0.4, 0.5) is 0 Å². The monoisotopic (exact) mass is 266 g/mol. The average Bonchev–Trinajstić information content (AvgIpc) is 2.85. The molecule has 0 aliphatic carbocycles. The standard InChI is InChI=1S/C16H23ClO/c1-2-3-4-5-6-7-15(17)13-8-9-16-14(12-13)10-11-18-16/h8-9,12,15H,2-7,10-11H2,1H3. The van der Waals surface area contributed by atoms with Gasteiger partial charge in [0.15, 0.2) is 0 Å². The third-order valence-corrected chi connectivity index (χ3v) is 4.11. The van der Waals surface area contributed by atoms with Gasteiger partial charge in [0, 0.05) is 6.42 Å². The normalized spacial score (nSPS) is 15.2. The van der Waals surface area contributed by atoms with Gasteiger partial charge in [-0.15, -0.1) is 11.6 Å². The molecule has 0 saturated heterocycles. The lowest BCUT2D eigenvalue weighted by molar-refractivity contribution is 0.357. The Labute approximate surface area is 115 Å². The maximum atomic E-state index is 6.48. The molecular weight excluding hydrogens is 244 g/mol. The number of rotatable bonds is 7. The summed E-state index contributed by atoms with van der Waals surface area (Å²) in [7, 11) is 0. The van der Waals surface area contributed by atoms with Gasteiger partial charge in [-0.2, -0.15) is 0 Å². The third-order valence-electron chi connectivity index (χ3n) is 3.64. The van der Waals surface area contributed by atoms with E-state index in [2.05, 4.69) is 25.1 Å². The van der Waals surface area contributed by atoms with Gasteiger partial charge in [-0.3, -0.25) is 0 Å². The van der Waals surface area contributed by atoms with Crippen LogP contribution in [0.2, 0.25) is 0 Å². The predicted molar refractivity (Wildman–Crippen MR) is 77.6 cm³/mol. The van der Waals surface area contributed by atoms with E-state index in [0.717, 1.165) is 25.2 Å². The molecule has 0 saturated carbocycles. The second-order valence-electron chi connectivity index (χ2n) is 5.14. The predicted octanol–water partition coefficient (Wildman–Crippen LogP) is 5.26. The Morgan fingerprint density at radius 2 is 2.06 bits per heavy atom. The average molecular weight is 267 g/mol. The number of halogens is 1. The van der Waals surface area contributed by atoms with Crippen LogP contribution in [0.3, 0.4) is 0 Å². The largest absolute Gasteiger partial charge is 0.493 e. The highest BCUT2D eigenvalue weighted by Gasteiger charge is 2.15. The summed E-state index contributed by atoms with van der Waals surface area (Å²) in [5.74, 6) is 1.05. The summed E-state index contributed by atoms with van der Waals surface area (Å²) in [4.78, 5) is 0. The molecule has 1 aliphatic heterocycles. The number of unbranched alkanes of at least 4 members (excludes halogenated alkanes) is 4. The number of alkyl halides is 1. The fourth-order valence-electron chi connectivity index (χ4n) is 2.50. The molecule has 0 spiro atoms. The summed E-state index contributed by atoms with van der Waals surface area (Å²) in [5.41, 5.74) is 2.58. The number of benzene rings is 1. The van der Waals surface area contributed by atoms with E-state index in [1.165, 1.54) is 43.2 Å². The lowest BCUT2D eigenvalue weighted by Gasteiger charge is -2.11. The SMILES string of the molecule is CCCCCCCC(Cl)c1ccc2c(c1)CCO2. The molecule has 1 atom stereocenters. The van der Waals surface area contributed by atoms with Crippen LogP contribution in [-0.4, -0.2) is 6.61 Å². The van der Waals surface area contributed by atoms with E-state index >= 15 is 0 Å². The third kappa shape index (κ3) is 3.65. The van der Waals surface area contributed by atoms with Crippen molar-refractivity contribution in [3.8, 4) is 5.75 Å². The van der Waals surface area contributed by atoms with Crippen LogP contribution >= 0.6 is 11.6 Å². The highest BCUT2D eigenvalue weighted by molar-refractivity contribution is 6.20. The maximum absolute atomic E-state index is 6.48. The van der Waals surface area contributed by atoms with Crippen molar-refractivity contribution in [2.75, 3.05) is 6.61 Å². The van der Waals surface area contributed by atoms with E-state index in [1.807, 2.05) is 0 Å². The van der Waals surface area contributed by atoms with Crippen molar-refractivity contribution in [3.05, 3.63) is 29.3 Å². The van der Waals surface area contributed by atoms with Gasteiger partial charge in [-0.1, -0.05) is 51.2 Å². The van der Waals surface area contributed by atoms with Gasteiger partial charge in [-0.05, 0) is 23.6 Å². The first-order valence-electron chi connectivity index (χ1n) is 7.21. The lowest BCUT2D eigenvalue weighted by atomic mass is 10.0. The topological polar surface area (TPSA) is 9.23 Å². The summed E-state index contributed by atoms with van der Waals surface area (Å²) >= 11 is 6.48. The van der Waals surface area contributed by atoms with Crippen molar-refractivity contribution in [2.24, 2.45) is 0 Å². The van der Waals surface area contributed by atoms with Gasteiger partial charge >= 0.3 is 0 Å². The van der Waals surface area contributed by atoms with Gasteiger partial charge < -0.3 is 4.74 Å². The summed E-state index contributed by atoms with van der Waals surface area (Å²) in [6, 6.07) is 6.42. The van der Waals surface area contributed by atoms with E-state index in [9.17, 15) is 0 Å². The van der Waals surface area contributed by atoms with Crippen LogP contribution in [-0.2, 0) is 6.42 Å². The number of ether oxygens (including phenoxy) is 1. The minimum absolute atomic E-state index is 0.164. The molecule has 0 amide bonds. The lowest BCUT2D eigenvalue weighted by Crippen LogP contribution is -1.92. The van der Waals surface area contributed by atoms with Crippen molar-refractivity contribution >= 4 is 11.6 Å². The number of hydrogen-bond acceptors (Lipinski definition) is 1. The molecule has 0 bridgehead atoms. The Morgan fingerprint density at radius 3 is 2.89 bits per heavy atom. The number of hydrogen-bond donors (Lipinski definition) is 0. The molecule has 2 heteroatoms. The van der Waals surface area contributed by atoms with E-state index in [0.29, 0.717) is 0 Å². The van der Waals surface area contributed by atoms with Crippen LogP contribution in [0.5, 0.6) is 5.75 Å². The zero-order valence-electron chi connectivity index (χ0n) is 11.3. The van der Waals surface area contributed by atoms with Gasteiger partial charge in [-0.25, -0.2) is 0 Å². The maximum Gasteiger partial charge on any atom is 0.122 e. The van der Waals surface area contributed by atoms with E-state index in [-0.39, 0.29) is 5.38 Å². The quantitative estimate of drug-likeness (QED) is 0.483. The molecule has 1 aromatic carbocycles. The Balaban J connectivity index is 1.80. The molecule has 1 nitrogen and oxygen atoms in total. The molecule has 0 aromatic heterocycles. The molecule has 2 rings (SSSR count). The summed E-state index contributed by atoms with van der Waals surface area (Å²) in [6.45, 7) is 3.07. The van der Waals surface area contributed by atoms with Crippen molar-refractivity contribution < 1.29 is 4.74 Å². The first kappa shape index (κ1) is 13.7. The molecular formula is C16H23ClO. The molecule has 1 heterocycles. The van der Waals surface area contributed by atoms with Crippen molar-refractivity contribution in [3.63, 3.8) is 0 Å². The van der Waals surface area contributed by atoms with E-state index < -0.39 is 0 Å². The van der Waals surface area contributed by atoms with Crippen LogP contribution in [0, 0.1) is 0 Å². The minimum atomic E-state index is 0.164. The van der Waals surface area contributed by atoms with Crippen molar-refractivity contribution in [2.45, 2.75) is 57.2 Å². The van der Waals surface area contributed by atoms with Crippen LogP contribution in [0.1, 0.15) is 62.0 Å². The second-order valence-corrected chi connectivity index (χ2v) is 5.66. The fraction of sp³-hybridized carbons (Fsp3) is 0.625. The zero-order valence-corrected chi connectivity index (χ0v) is 12.0. The summed E-state index contributed by atoms with van der Waals surface area (Å²) < 4.78 is 5.52. The summed E-state index contributed by atoms with van der Waals surface area (Å²) in [6.07, 6.45) is 8.66. The molecule has 1 unspecified atom stereocenters. The Kier molecular flexibility index (Phi) is 5.37. The number of fused-ring (bicyclic) bond motifs is 1. The summed E-state index contributed by atoms with van der Waals surface area (Å²) in [5, 5.41) is 0.164. The molecule has 18 heavy (non-hydrogen) atoms. The van der Waals surface area contributed by atoms with Crippen molar-refractivity contribution in [1.29, 1.82) is 0 Å². The fourth-order valence-corrected chi connectivity index (χ4v) is 2.79. The first-order chi connectivity index (χ1) is 8.81. The molecule has 100 valence electrons. The second kappa shape index (κ2) is 7.04. The molecule has 1 aliphatic rings. The van der Waals surface area contributed by atoms with Gasteiger partial charge in [0.1, 0.15) is 5.75 Å². The highest BCUT2D eigenvalue weighted by Crippen LogP contribution is 2.32. The molecule has 0 N–H and O–H groups in total.